The lowest BCUT2D eigenvalue weighted by Gasteiger charge is -2.14. The molecule has 0 aromatic heterocycles. The van der Waals surface area contributed by atoms with Crippen LogP contribution in [0, 0.1) is 0 Å². The smallest absolute Gasteiger partial charge is 0.422 e. The van der Waals surface area contributed by atoms with Crippen LogP contribution in [0.2, 0.25) is 0 Å². The quantitative estimate of drug-likeness (QED) is 0.738. The van der Waals surface area contributed by atoms with Crippen LogP contribution in [0.3, 0.4) is 0 Å². The molecule has 1 aromatic carbocycles. The SMILES string of the molecule is CCCC(N)C(=O)NCc1ccc(OCC(F)(F)F)c(OC)c1.Cl. The maximum absolute atomic E-state index is 12.2. The zero-order valence-electron chi connectivity index (χ0n) is 13.5. The van der Waals surface area contributed by atoms with Crippen LogP contribution in [0.4, 0.5) is 13.2 Å². The van der Waals surface area contributed by atoms with Crippen molar-refractivity contribution < 1.29 is 27.4 Å². The highest BCUT2D eigenvalue weighted by molar-refractivity contribution is 5.85. The van der Waals surface area contributed by atoms with E-state index >= 15 is 0 Å². The molecule has 0 saturated carbocycles. The Morgan fingerprint density at radius 3 is 2.54 bits per heavy atom. The van der Waals surface area contributed by atoms with Crippen LogP contribution in [0.5, 0.6) is 11.5 Å². The Hall–Kier alpha value is -1.67. The number of carbonyl (C=O) groups excluding carboxylic acids is 1. The van der Waals surface area contributed by atoms with Gasteiger partial charge in [-0.15, -0.1) is 12.4 Å². The number of nitrogens with one attached hydrogen (secondary N) is 1. The molecule has 0 saturated heterocycles. The summed E-state index contributed by atoms with van der Waals surface area (Å²) in [6, 6.07) is 3.87. The van der Waals surface area contributed by atoms with E-state index < -0.39 is 18.8 Å². The summed E-state index contributed by atoms with van der Waals surface area (Å²) in [6.07, 6.45) is -3.04. The number of nitrogens with two attached hydrogens (primary N) is 1. The van der Waals surface area contributed by atoms with Crippen molar-refractivity contribution in [2.45, 2.75) is 38.5 Å². The van der Waals surface area contributed by atoms with Crippen molar-refractivity contribution in [2.75, 3.05) is 13.7 Å². The van der Waals surface area contributed by atoms with Gasteiger partial charge in [0, 0.05) is 6.54 Å². The normalized spacial score (nSPS) is 12.1. The Balaban J connectivity index is 0.00000529. The third-order valence-electron chi connectivity index (χ3n) is 3.02. The molecule has 1 amide bonds. The predicted octanol–water partition coefficient (Wildman–Crippen LogP) is 2.80. The van der Waals surface area contributed by atoms with Gasteiger partial charge in [0.1, 0.15) is 0 Å². The van der Waals surface area contributed by atoms with Gasteiger partial charge >= 0.3 is 6.18 Å². The molecule has 24 heavy (non-hydrogen) atoms. The second-order valence-electron chi connectivity index (χ2n) is 5.00. The maximum atomic E-state index is 12.2. The lowest BCUT2D eigenvalue weighted by Crippen LogP contribution is -2.40. The van der Waals surface area contributed by atoms with E-state index in [-0.39, 0.29) is 36.4 Å². The minimum Gasteiger partial charge on any atom is -0.493 e. The molecule has 1 aromatic rings. The summed E-state index contributed by atoms with van der Waals surface area (Å²) in [4.78, 5) is 11.7. The molecule has 0 heterocycles. The van der Waals surface area contributed by atoms with E-state index in [1.165, 1.54) is 19.2 Å². The summed E-state index contributed by atoms with van der Waals surface area (Å²) in [7, 11) is 1.33. The summed E-state index contributed by atoms with van der Waals surface area (Å²) in [5, 5.41) is 2.67. The first-order chi connectivity index (χ1) is 10.8. The van der Waals surface area contributed by atoms with Gasteiger partial charge in [-0.05, 0) is 24.1 Å². The molecule has 1 rings (SSSR count). The van der Waals surface area contributed by atoms with Crippen molar-refractivity contribution in [1.82, 2.24) is 5.32 Å². The van der Waals surface area contributed by atoms with Crippen LogP contribution in [-0.2, 0) is 11.3 Å². The van der Waals surface area contributed by atoms with Crippen molar-refractivity contribution in [1.29, 1.82) is 0 Å². The van der Waals surface area contributed by atoms with Gasteiger partial charge in [-0.3, -0.25) is 4.79 Å². The highest BCUT2D eigenvalue weighted by Crippen LogP contribution is 2.29. The number of ether oxygens (including phenoxy) is 2. The van der Waals surface area contributed by atoms with E-state index in [4.69, 9.17) is 10.5 Å². The predicted molar refractivity (Wildman–Crippen MR) is 86.5 cm³/mol. The van der Waals surface area contributed by atoms with Gasteiger partial charge in [0.25, 0.3) is 0 Å². The average molecular weight is 371 g/mol. The molecule has 3 N–H and O–H groups in total. The van der Waals surface area contributed by atoms with Crippen molar-refractivity contribution in [2.24, 2.45) is 5.73 Å². The fourth-order valence-corrected chi connectivity index (χ4v) is 1.86. The molecule has 138 valence electrons. The van der Waals surface area contributed by atoms with E-state index in [0.717, 1.165) is 6.42 Å². The minimum atomic E-state index is -4.42. The molecule has 5 nitrogen and oxygen atoms in total. The number of methoxy groups -OCH3 is 1. The number of halogens is 4. The van der Waals surface area contributed by atoms with Gasteiger partial charge in [-0.1, -0.05) is 19.4 Å². The van der Waals surface area contributed by atoms with E-state index in [1.807, 2.05) is 6.92 Å². The van der Waals surface area contributed by atoms with E-state index in [9.17, 15) is 18.0 Å². The summed E-state index contributed by atoms with van der Waals surface area (Å²) in [5.41, 5.74) is 6.35. The molecule has 0 spiro atoms. The Kier molecular flexibility index (Phi) is 9.53. The van der Waals surface area contributed by atoms with Crippen molar-refractivity contribution in [3.05, 3.63) is 23.8 Å². The van der Waals surface area contributed by atoms with E-state index in [2.05, 4.69) is 10.1 Å². The molecular formula is C15H22ClF3N2O3. The lowest BCUT2D eigenvalue weighted by molar-refractivity contribution is -0.153. The van der Waals surface area contributed by atoms with Gasteiger partial charge < -0.3 is 20.5 Å². The van der Waals surface area contributed by atoms with Crippen LogP contribution in [0.1, 0.15) is 25.3 Å². The highest BCUT2D eigenvalue weighted by Gasteiger charge is 2.29. The Labute approximate surface area is 145 Å². The van der Waals surface area contributed by atoms with Crippen molar-refractivity contribution in [3.63, 3.8) is 0 Å². The number of hydrogen-bond donors (Lipinski definition) is 2. The molecule has 0 aliphatic heterocycles. The number of rotatable bonds is 8. The molecule has 9 heteroatoms. The monoisotopic (exact) mass is 370 g/mol. The largest absolute Gasteiger partial charge is 0.493 e. The fourth-order valence-electron chi connectivity index (χ4n) is 1.86. The molecular weight excluding hydrogens is 349 g/mol. The summed E-state index contributed by atoms with van der Waals surface area (Å²) in [6.45, 7) is 0.731. The van der Waals surface area contributed by atoms with Gasteiger partial charge in [-0.2, -0.15) is 13.2 Å². The first-order valence-electron chi connectivity index (χ1n) is 7.16. The topological polar surface area (TPSA) is 73.6 Å². The molecule has 0 fully saturated rings. The third kappa shape index (κ3) is 7.74. The van der Waals surface area contributed by atoms with Crippen molar-refractivity contribution >= 4 is 18.3 Å². The summed E-state index contributed by atoms with van der Waals surface area (Å²) < 4.78 is 46.2. The van der Waals surface area contributed by atoms with Gasteiger partial charge in [0.05, 0.1) is 13.2 Å². The number of benzene rings is 1. The van der Waals surface area contributed by atoms with Crippen LogP contribution in [0.25, 0.3) is 0 Å². The molecule has 1 unspecified atom stereocenters. The number of amides is 1. The number of alkyl halides is 3. The van der Waals surface area contributed by atoms with Crippen LogP contribution in [-0.4, -0.2) is 31.8 Å². The van der Waals surface area contributed by atoms with Crippen LogP contribution >= 0.6 is 12.4 Å². The number of carbonyl (C=O) groups is 1. The highest BCUT2D eigenvalue weighted by atomic mass is 35.5. The second kappa shape index (κ2) is 10.2. The Morgan fingerprint density at radius 2 is 2.00 bits per heavy atom. The number of hydrogen-bond acceptors (Lipinski definition) is 4. The third-order valence-corrected chi connectivity index (χ3v) is 3.02. The lowest BCUT2D eigenvalue weighted by atomic mass is 10.1. The first kappa shape index (κ1) is 22.3. The Bertz CT molecular complexity index is 527. The van der Waals surface area contributed by atoms with E-state index in [0.29, 0.717) is 12.0 Å². The molecule has 1 atom stereocenters. The molecule has 0 radical (unpaired) electrons. The summed E-state index contributed by atoms with van der Waals surface area (Å²) >= 11 is 0. The molecule has 0 aliphatic rings. The van der Waals surface area contributed by atoms with Gasteiger partial charge in [0.15, 0.2) is 18.1 Å². The standard InChI is InChI=1S/C15H21F3N2O3.ClH/c1-3-4-11(19)14(21)20-8-10-5-6-12(13(7-10)22-2)23-9-15(16,17)18;/h5-7,11H,3-4,8-9,19H2,1-2H3,(H,20,21);1H. The van der Waals surface area contributed by atoms with Crippen LogP contribution in [0.15, 0.2) is 18.2 Å². The second-order valence-corrected chi connectivity index (χ2v) is 5.00. The molecule has 0 aliphatic carbocycles. The molecule has 0 bridgehead atoms. The van der Waals surface area contributed by atoms with Gasteiger partial charge in [-0.25, -0.2) is 0 Å². The van der Waals surface area contributed by atoms with Crippen molar-refractivity contribution in [3.8, 4) is 11.5 Å². The van der Waals surface area contributed by atoms with E-state index in [1.54, 1.807) is 6.07 Å². The van der Waals surface area contributed by atoms with Crippen LogP contribution < -0.4 is 20.5 Å². The first-order valence-corrected chi connectivity index (χ1v) is 7.16. The van der Waals surface area contributed by atoms with Gasteiger partial charge in [0.2, 0.25) is 5.91 Å². The summed E-state index contributed by atoms with van der Waals surface area (Å²) in [5.74, 6) is -0.121. The zero-order valence-corrected chi connectivity index (χ0v) is 14.3. The fraction of sp³-hybridized carbons (Fsp3) is 0.533. The minimum absolute atomic E-state index is 0. The maximum Gasteiger partial charge on any atom is 0.422 e. The zero-order chi connectivity index (χ0) is 17.5. The average Bonchev–Trinajstić information content (AvgIpc) is 2.50. The Morgan fingerprint density at radius 1 is 1.33 bits per heavy atom.